The second-order valence-corrected chi connectivity index (χ2v) is 6.69. The van der Waals surface area contributed by atoms with Crippen molar-refractivity contribution in [2.24, 2.45) is 0 Å². The predicted octanol–water partition coefficient (Wildman–Crippen LogP) is 5.38. The lowest BCUT2D eigenvalue weighted by Crippen LogP contribution is -2.03. The second-order valence-electron chi connectivity index (χ2n) is 6.69. The molecule has 3 N–H and O–H groups in total. The van der Waals surface area contributed by atoms with Crippen LogP contribution in [0.3, 0.4) is 0 Å². The molecule has 24 heavy (non-hydrogen) atoms. The zero-order valence-corrected chi connectivity index (χ0v) is 16.4. The molecule has 0 radical (unpaired) electrons. The second kappa shape index (κ2) is 24.9. The molecule has 0 aliphatic carbocycles. The number of unbranched alkanes of at least 4 members (excludes halogenated alkanes) is 12. The Bertz CT molecular complexity index is 227. The Balaban J connectivity index is 0. The molecule has 0 bridgehead atoms. The van der Waals surface area contributed by atoms with E-state index in [9.17, 15) is 0 Å². The van der Waals surface area contributed by atoms with Crippen molar-refractivity contribution in [2.75, 3.05) is 13.2 Å². The Morgan fingerprint density at radius 2 is 1.04 bits per heavy atom. The number of rotatable bonds is 16. The summed E-state index contributed by atoms with van der Waals surface area (Å²) in [5.41, 5.74) is 0. The summed E-state index contributed by atoms with van der Waals surface area (Å²) < 4.78 is 0. The van der Waals surface area contributed by atoms with E-state index in [0.29, 0.717) is 6.61 Å². The van der Waals surface area contributed by atoms with Crippen LogP contribution in [0.2, 0.25) is 0 Å². The number of allylic oxidation sites excluding steroid dienone is 2. The molecule has 3 nitrogen and oxygen atoms in total. The van der Waals surface area contributed by atoms with Gasteiger partial charge in [0.15, 0.2) is 0 Å². The molecule has 1 atom stereocenters. The summed E-state index contributed by atoms with van der Waals surface area (Å²) in [7, 11) is 0. The Hall–Kier alpha value is -0.380. The minimum absolute atomic E-state index is 0.139. The summed E-state index contributed by atoms with van der Waals surface area (Å²) in [4.78, 5) is 0. The van der Waals surface area contributed by atoms with Crippen molar-refractivity contribution >= 4 is 0 Å². The average Bonchev–Trinajstić information content (AvgIpc) is 2.59. The summed E-state index contributed by atoms with van der Waals surface area (Å²) >= 11 is 0. The maximum Gasteiger partial charge on any atom is 0.0742 e. The normalized spacial score (nSPS) is 12.2. The molecule has 0 rings (SSSR count). The van der Waals surface area contributed by atoms with E-state index in [4.69, 9.17) is 15.3 Å². The molecule has 0 fully saturated rings. The highest BCUT2D eigenvalue weighted by molar-refractivity contribution is 4.81. The third-order valence-electron chi connectivity index (χ3n) is 3.93. The van der Waals surface area contributed by atoms with Crippen molar-refractivity contribution in [3.05, 3.63) is 12.2 Å². The highest BCUT2D eigenvalue weighted by Gasteiger charge is 1.90. The van der Waals surface area contributed by atoms with Gasteiger partial charge in [-0.15, -0.1) is 0 Å². The fraction of sp³-hybridized carbons (Fsp3) is 0.905. The summed E-state index contributed by atoms with van der Waals surface area (Å²) in [5.74, 6) is 0. The highest BCUT2D eigenvalue weighted by atomic mass is 16.3. The van der Waals surface area contributed by atoms with Crippen molar-refractivity contribution in [1.82, 2.24) is 0 Å². The molecule has 0 aliphatic rings. The summed E-state index contributed by atoms with van der Waals surface area (Å²) in [6.45, 7) is 4.02. The molecule has 146 valence electrons. The van der Waals surface area contributed by atoms with Gasteiger partial charge in [-0.1, -0.05) is 76.9 Å². The topological polar surface area (TPSA) is 60.7 Å². The molecule has 0 heterocycles. The van der Waals surface area contributed by atoms with Crippen LogP contribution < -0.4 is 0 Å². The minimum Gasteiger partial charge on any atom is -0.396 e. The zero-order chi connectivity index (χ0) is 18.3. The lowest BCUT2D eigenvalue weighted by Gasteiger charge is -1.99. The fourth-order valence-corrected chi connectivity index (χ4v) is 2.36. The van der Waals surface area contributed by atoms with Crippen molar-refractivity contribution in [2.45, 2.75) is 110 Å². The highest BCUT2D eigenvalue weighted by Crippen LogP contribution is 2.09. The van der Waals surface area contributed by atoms with Crippen molar-refractivity contribution in [3.63, 3.8) is 0 Å². The van der Waals surface area contributed by atoms with Gasteiger partial charge in [0.05, 0.1) is 12.7 Å². The van der Waals surface area contributed by atoms with Crippen molar-refractivity contribution < 1.29 is 15.3 Å². The van der Waals surface area contributed by atoms with Crippen LogP contribution in [0.15, 0.2) is 12.2 Å². The summed E-state index contributed by atoms with van der Waals surface area (Å²) in [6.07, 6.45) is 22.6. The van der Waals surface area contributed by atoms with Crippen LogP contribution >= 0.6 is 0 Å². The van der Waals surface area contributed by atoms with E-state index >= 15 is 0 Å². The van der Waals surface area contributed by atoms with E-state index < -0.39 is 6.10 Å². The van der Waals surface area contributed by atoms with Gasteiger partial charge in [-0.25, -0.2) is 0 Å². The molecular formula is C21H44O3. The molecule has 1 unspecified atom stereocenters. The van der Waals surface area contributed by atoms with Crippen molar-refractivity contribution in [1.29, 1.82) is 0 Å². The van der Waals surface area contributed by atoms with Crippen LogP contribution in [-0.4, -0.2) is 34.6 Å². The number of aliphatic hydroxyl groups excluding tert-OH is 3. The zero-order valence-electron chi connectivity index (χ0n) is 16.4. The Morgan fingerprint density at radius 1 is 0.667 bits per heavy atom. The van der Waals surface area contributed by atoms with Gasteiger partial charge in [-0.05, 0) is 39.0 Å². The molecule has 0 aromatic heterocycles. The molecule has 3 heteroatoms. The quantitative estimate of drug-likeness (QED) is 0.260. The number of hydrogen-bond acceptors (Lipinski definition) is 3. The molecule has 0 saturated carbocycles. The first kappa shape index (κ1) is 25.9. The van der Waals surface area contributed by atoms with Gasteiger partial charge in [0.2, 0.25) is 0 Å². The Kier molecular flexibility index (Phi) is 26.8. The summed E-state index contributed by atoms with van der Waals surface area (Å²) in [6, 6.07) is 0. The molecule has 0 saturated heterocycles. The van der Waals surface area contributed by atoms with E-state index in [-0.39, 0.29) is 6.61 Å². The van der Waals surface area contributed by atoms with Gasteiger partial charge in [-0.3, -0.25) is 0 Å². The Morgan fingerprint density at radius 3 is 1.42 bits per heavy atom. The molecule has 0 amide bonds. The number of hydrogen-bond donors (Lipinski definition) is 3. The first-order valence-corrected chi connectivity index (χ1v) is 10.2. The van der Waals surface area contributed by atoms with E-state index in [1.165, 1.54) is 90.4 Å². The largest absolute Gasteiger partial charge is 0.396 e. The van der Waals surface area contributed by atoms with Crippen LogP contribution in [-0.2, 0) is 0 Å². The van der Waals surface area contributed by atoms with Crippen LogP contribution in [0.4, 0.5) is 0 Å². The predicted molar refractivity (Wildman–Crippen MR) is 105 cm³/mol. The first-order chi connectivity index (χ1) is 11.7. The molecular weight excluding hydrogens is 300 g/mol. The molecule has 0 aromatic carbocycles. The van der Waals surface area contributed by atoms with E-state index in [1.807, 2.05) is 0 Å². The average molecular weight is 345 g/mol. The maximum absolute atomic E-state index is 8.66. The number of aliphatic hydroxyl groups is 3. The molecule has 0 aromatic rings. The smallest absolute Gasteiger partial charge is 0.0742 e. The van der Waals surface area contributed by atoms with Crippen LogP contribution in [0, 0.1) is 0 Å². The maximum atomic E-state index is 8.66. The molecule has 0 spiro atoms. The van der Waals surface area contributed by atoms with Gasteiger partial charge in [0, 0.05) is 6.61 Å². The van der Waals surface area contributed by atoms with Crippen LogP contribution in [0.1, 0.15) is 104 Å². The van der Waals surface area contributed by atoms with Crippen molar-refractivity contribution in [3.8, 4) is 0 Å². The van der Waals surface area contributed by atoms with E-state index in [1.54, 1.807) is 0 Å². The first-order valence-electron chi connectivity index (χ1n) is 10.2. The van der Waals surface area contributed by atoms with Crippen LogP contribution in [0.25, 0.3) is 0 Å². The Labute approximate surface area is 151 Å². The third-order valence-corrected chi connectivity index (χ3v) is 3.93. The third kappa shape index (κ3) is 29.6. The SMILES string of the molecule is CC(O)CO.CCCCCCCC/C=C\CCCCCCCCO. The van der Waals surface area contributed by atoms with Gasteiger partial charge in [-0.2, -0.15) is 0 Å². The fourth-order valence-electron chi connectivity index (χ4n) is 2.36. The lowest BCUT2D eigenvalue weighted by molar-refractivity contribution is 0.110. The molecule has 0 aliphatic heterocycles. The standard InChI is InChI=1S/C18H36O.C3H8O2/c1-2-3-4-5-6-7-8-9-10-11-12-13-14-15-16-17-18-19;1-3(5)2-4/h9-10,19H,2-8,11-18H2,1H3;3-5H,2H2,1H3/b10-9-;. The summed E-state index contributed by atoms with van der Waals surface area (Å²) in [5, 5.41) is 24.7. The van der Waals surface area contributed by atoms with E-state index in [2.05, 4.69) is 19.1 Å². The lowest BCUT2D eigenvalue weighted by atomic mass is 10.1. The minimum atomic E-state index is -0.560. The monoisotopic (exact) mass is 344 g/mol. The van der Waals surface area contributed by atoms with Gasteiger partial charge in [0.1, 0.15) is 0 Å². The van der Waals surface area contributed by atoms with Gasteiger partial charge < -0.3 is 15.3 Å². The van der Waals surface area contributed by atoms with E-state index in [0.717, 1.165) is 6.42 Å². The van der Waals surface area contributed by atoms with Crippen LogP contribution in [0.5, 0.6) is 0 Å². The van der Waals surface area contributed by atoms with Gasteiger partial charge >= 0.3 is 0 Å². The van der Waals surface area contributed by atoms with Gasteiger partial charge in [0.25, 0.3) is 0 Å².